The van der Waals surface area contributed by atoms with Crippen LogP contribution in [0.5, 0.6) is 0 Å². The first-order valence-corrected chi connectivity index (χ1v) is 10.8. The topological polar surface area (TPSA) is 52.2 Å². The molecule has 5 nitrogen and oxygen atoms in total. The van der Waals surface area contributed by atoms with Gasteiger partial charge in [0.15, 0.2) is 0 Å². The average Bonchev–Trinajstić information content (AvgIpc) is 3.45. The van der Waals surface area contributed by atoms with Crippen LogP contribution in [0.15, 0.2) is 30.6 Å². The standard InChI is InChI=1S/C23H30N4O/c1-15(2)9-23(28)27-20-4-6-22(27)18(11-20)14-26-8-7-17-10-16(3-5-21(17)26)19-12-24-25-13-19/h3,5,10,12-13,15,18,20,22H,4,6-9,11,14H2,1-2H3,(H,24,25). The molecule has 5 heteroatoms. The molecule has 0 saturated carbocycles. The van der Waals surface area contributed by atoms with Crippen molar-refractivity contribution < 1.29 is 4.79 Å². The van der Waals surface area contributed by atoms with Gasteiger partial charge in [0.25, 0.3) is 0 Å². The van der Waals surface area contributed by atoms with E-state index < -0.39 is 0 Å². The minimum absolute atomic E-state index is 0.386. The molecule has 28 heavy (non-hydrogen) atoms. The van der Waals surface area contributed by atoms with E-state index in [1.807, 2.05) is 12.4 Å². The molecule has 1 amide bonds. The van der Waals surface area contributed by atoms with E-state index >= 15 is 0 Å². The van der Waals surface area contributed by atoms with Crippen molar-refractivity contribution in [2.24, 2.45) is 11.8 Å². The molecule has 1 aromatic heterocycles. The van der Waals surface area contributed by atoms with Crippen molar-refractivity contribution in [3.05, 3.63) is 36.2 Å². The van der Waals surface area contributed by atoms with E-state index in [-0.39, 0.29) is 0 Å². The van der Waals surface area contributed by atoms with Gasteiger partial charge < -0.3 is 9.80 Å². The second-order valence-electron chi connectivity index (χ2n) is 9.22. The first kappa shape index (κ1) is 17.8. The lowest BCUT2D eigenvalue weighted by Crippen LogP contribution is -2.39. The average molecular weight is 379 g/mol. The lowest BCUT2D eigenvalue weighted by atomic mass is 9.89. The summed E-state index contributed by atoms with van der Waals surface area (Å²) in [5.74, 6) is 1.45. The summed E-state index contributed by atoms with van der Waals surface area (Å²) in [6, 6.07) is 7.76. The molecule has 3 atom stereocenters. The van der Waals surface area contributed by atoms with Crippen LogP contribution in [0.2, 0.25) is 0 Å². The molecule has 3 aliphatic heterocycles. The van der Waals surface area contributed by atoms with Crippen molar-refractivity contribution in [2.75, 3.05) is 18.0 Å². The van der Waals surface area contributed by atoms with Crippen molar-refractivity contribution in [2.45, 2.75) is 58.0 Å². The summed E-state index contributed by atoms with van der Waals surface area (Å²) in [7, 11) is 0. The van der Waals surface area contributed by atoms with Gasteiger partial charge in [-0.05, 0) is 60.8 Å². The molecular weight excluding hydrogens is 348 g/mol. The van der Waals surface area contributed by atoms with E-state index in [2.05, 4.69) is 52.0 Å². The van der Waals surface area contributed by atoms with Gasteiger partial charge in [-0.25, -0.2) is 0 Å². The number of nitrogens with zero attached hydrogens (tertiary/aromatic N) is 3. The predicted molar refractivity (Wildman–Crippen MR) is 111 cm³/mol. The maximum atomic E-state index is 12.8. The minimum atomic E-state index is 0.386. The maximum Gasteiger partial charge on any atom is 0.223 e. The van der Waals surface area contributed by atoms with E-state index in [4.69, 9.17) is 0 Å². The Morgan fingerprint density at radius 3 is 2.96 bits per heavy atom. The maximum absolute atomic E-state index is 12.8. The molecule has 1 aromatic carbocycles. The number of hydrogen-bond donors (Lipinski definition) is 1. The number of carbonyl (C=O) groups excluding carboxylic acids is 1. The fourth-order valence-electron chi connectivity index (χ4n) is 5.68. The number of fused-ring (bicyclic) bond motifs is 3. The number of aromatic amines is 1. The monoisotopic (exact) mass is 378 g/mol. The molecular formula is C23H30N4O. The number of nitrogens with one attached hydrogen (secondary N) is 1. The second kappa shape index (κ2) is 6.94. The zero-order valence-electron chi connectivity index (χ0n) is 16.9. The number of hydrogen-bond acceptors (Lipinski definition) is 3. The summed E-state index contributed by atoms with van der Waals surface area (Å²) in [6.45, 7) is 6.47. The molecule has 3 unspecified atom stereocenters. The molecule has 2 aromatic rings. The summed E-state index contributed by atoms with van der Waals surface area (Å²) in [4.78, 5) is 17.6. The molecule has 148 valence electrons. The van der Waals surface area contributed by atoms with E-state index in [0.29, 0.717) is 36.2 Å². The molecule has 2 fully saturated rings. The minimum Gasteiger partial charge on any atom is -0.371 e. The highest BCUT2D eigenvalue weighted by atomic mass is 16.2. The van der Waals surface area contributed by atoms with Crippen LogP contribution in [0.4, 0.5) is 5.69 Å². The quantitative estimate of drug-likeness (QED) is 0.859. The number of benzene rings is 1. The van der Waals surface area contributed by atoms with Crippen LogP contribution in [-0.4, -0.2) is 46.2 Å². The molecule has 0 radical (unpaired) electrons. The Balaban J connectivity index is 1.29. The van der Waals surface area contributed by atoms with Crippen LogP contribution in [0.25, 0.3) is 11.1 Å². The van der Waals surface area contributed by atoms with Gasteiger partial charge in [0, 0.05) is 49.0 Å². The molecule has 0 spiro atoms. The third-order valence-electron chi connectivity index (χ3n) is 6.89. The summed E-state index contributed by atoms with van der Waals surface area (Å²) >= 11 is 0. The van der Waals surface area contributed by atoms with Crippen LogP contribution in [-0.2, 0) is 11.2 Å². The van der Waals surface area contributed by atoms with Crippen LogP contribution >= 0.6 is 0 Å². The zero-order chi connectivity index (χ0) is 19.3. The second-order valence-corrected chi connectivity index (χ2v) is 9.22. The smallest absolute Gasteiger partial charge is 0.223 e. The Morgan fingerprint density at radius 2 is 2.18 bits per heavy atom. The van der Waals surface area contributed by atoms with Crippen molar-refractivity contribution in [1.29, 1.82) is 0 Å². The number of H-pyrrole nitrogens is 1. The van der Waals surface area contributed by atoms with Crippen LogP contribution in [0.1, 0.15) is 45.1 Å². The van der Waals surface area contributed by atoms with Crippen LogP contribution in [0.3, 0.4) is 0 Å². The highest BCUT2D eigenvalue weighted by molar-refractivity contribution is 5.78. The van der Waals surface area contributed by atoms with Crippen LogP contribution < -0.4 is 4.90 Å². The molecule has 3 aliphatic rings. The van der Waals surface area contributed by atoms with Crippen molar-refractivity contribution >= 4 is 11.6 Å². The summed E-state index contributed by atoms with van der Waals surface area (Å²) in [6.07, 6.45) is 9.22. The number of aromatic nitrogens is 2. The van der Waals surface area contributed by atoms with Gasteiger partial charge in [0.1, 0.15) is 0 Å². The van der Waals surface area contributed by atoms with Gasteiger partial charge in [0.05, 0.1) is 6.20 Å². The van der Waals surface area contributed by atoms with E-state index in [1.54, 1.807) is 0 Å². The van der Waals surface area contributed by atoms with Crippen molar-refractivity contribution in [3.8, 4) is 11.1 Å². The summed E-state index contributed by atoms with van der Waals surface area (Å²) < 4.78 is 0. The largest absolute Gasteiger partial charge is 0.371 e. The fourth-order valence-corrected chi connectivity index (χ4v) is 5.68. The van der Waals surface area contributed by atoms with E-state index in [9.17, 15) is 4.79 Å². The van der Waals surface area contributed by atoms with Gasteiger partial charge >= 0.3 is 0 Å². The Kier molecular flexibility index (Phi) is 4.41. The van der Waals surface area contributed by atoms with Gasteiger partial charge in [0.2, 0.25) is 5.91 Å². The fraction of sp³-hybridized carbons (Fsp3) is 0.565. The van der Waals surface area contributed by atoms with Crippen molar-refractivity contribution in [3.63, 3.8) is 0 Å². The first-order valence-electron chi connectivity index (χ1n) is 10.8. The number of amides is 1. The third-order valence-corrected chi connectivity index (χ3v) is 6.89. The zero-order valence-corrected chi connectivity index (χ0v) is 16.9. The summed E-state index contributed by atoms with van der Waals surface area (Å²) in [5.41, 5.74) is 5.21. The Labute approximate surface area is 167 Å². The Morgan fingerprint density at radius 1 is 1.29 bits per heavy atom. The van der Waals surface area contributed by atoms with E-state index in [1.165, 1.54) is 36.1 Å². The number of carbonyl (C=O) groups is 1. The number of rotatable bonds is 5. The highest BCUT2D eigenvalue weighted by Gasteiger charge is 2.48. The van der Waals surface area contributed by atoms with E-state index in [0.717, 1.165) is 25.1 Å². The normalized spacial score (nSPS) is 25.8. The Hall–Kier alpha value is -2.30. The predicted octanol–water partition coefficient (Wildman–Crippen LogP) is 3.86. The molecule has 2 saturated heterocycles. The van der Waals surface area contributed by atoms with Gasteiger partial charge in [-0.1, -0.05) is 19.9 Å². The number of anilines is 1. The summed E-state index contributed by atoms with van der Waals surface area (Å²) in [5, 5.41) is 6.97. The molecule has 0 aliphatic carbocycles. The molecule has 5 rings (SSSR count). The third kappa shape index (κ3) is 3.01. The van der Waals surface area contributed by atoms with Gasteiger partial charge in [-0.15, -0.1) is 0 Å². The van der Waals surface area contributed by atoms with Crippen molar-refractivity contribution in [1.82, 2.24) is 15.1 Å². The highest BCUT2D eigenvalue weighted by Crippen LogP contribution is 2.44. The SMILES string of the molecule is CC(C)CC(=O)N1C2CCC1C(CN1CCc3cc(-c4cn[nH]c4)ccc31)C2. The lowest BCUT2D eigenvalue weighted by molar-refractivity contribution is -0.133. The van der Waals surface area contributed by atoms with Gasteiger partial charge in [-0.2, -0.15) is 5.10 Å². The molecule has 4 heterocycles. The van der Waals surface area contributed by atoms with Crippen LogP contribution in [0, 0.1) is 11.8 Å². The lowest BCUT2D eigenvalue weighted by Gasteiger charge is -2.29. The molecule has 1 N–H and O–H groups in total. The Bertz CT molecular complexity index is 859. The van der Waals surface area contributed by atoms with Gasteiger partial charge in [-0.3, -0.25) is 9.89 Å². The first-order chi connectivity index (χ1) is 13.6. The molecule has 2 bridgehead atoms.